The monoisotopic (exact) mass is 257 g/mol. The first-order valence-electron chi connectivity index (χ1n) is 7.25. The minimum Gasteiger partial charge on any atom is -0.372 e. The number of H-pyrrole nitrogens is 1. The van der Waals surface area contributed by atoms with E-state index in [4.69, 9.17) is 0 Å². The molecule has 1 aliphatic heterocycles. The summed E-state index contributed by atoms with van der Waals surface area (Å²) in [4.78, 5) is 5.93. The van der Waals surface area contributed by atoms with E-state index in [1.807, 2.05) is 0 Å². The van der Waals surface area contributed by atoms with Gasteiger partial charge in [0.25, 0.3) is 0 Å². The van der Waals surface area contributed by atoms with Crippen molar-refractivity contribution in [3.05, 3.63) is 30.0 Å². The van der Waals surface area contributed by atoms with Gasteiger partial charge in [-0.2, -0.15) is 0 Å². The molecule has 2 N–H and O–H groups in total. The molecule has 19 heavy (non-hydrogen) atoms. The van der Waals surface area contributed by atoms with Gasteiger partial charge in [-0.3, -0.25) is 0 Å². The van der Waals surface area contributed by atoms with Crippen LogP contribution < -0.4 is 10.2 Å². The topological polar surface area (TPSA) is 31.1 Å². The Hall–Kier alpha value is -1.48. The standard InChI is InChI=1S/C16H23N3/c1-12-16(14-5-3-4-6-15(14)18-12)19(2)11-13-7-9-17-10-8-13/h3-6,13,17-18H,7-11H2,1-2H3. The van der Waals surface area contributed by atoms with Crippen molar-refractivity contribution in [3.63, 3.8) is 0 Å². The molecule has 0 unspecified atom stereocenters. The molecule has 0 spiro atoms. The van der Waals surface area contributed by atoms with Crippen molar-refractivity contribution >= 4 is 16.6 Å². The van der Waals surface area contributed by atoms with Crippen molar-refractivity contribution in [3.8, 4) is 0 Å². The Kier molecular flexibility index (Phi) is 3.47. The minimum atomic E-state index is 0.819. The number of piperidine rings is 1. The summed E-state index contributed by atoms with van der Waals surface area (Å²) < 4.78 is 0. The predicted octanol–water partition coefficient (Wildman–Crippen LogP) is 2.91. The highest BCUT2D eigenvalue weighted by Crippen LogP contribution is 2.30. The summed E-state index contributed by atoms with van der Waals surface area (Å²) in [6.45, 7) is 5.68. The number of anilines is 1. The van der Waals surface area contributed by atoms with Crippen LogP contribution in [-0.4, -0.2) is 31.7 Å². The Morgan fingerprint density at radius 1 is 1.21 bits per heavy atom. The molecule has 1 fully saturated rings. The van der Waals surface area contributed by atoms with Gasteiger partial charge in [0.2, 0.25) is 0 Å². The van der Waals surface area contributed by atoms with Crippen molar-refractivity contribution in [2.75, 3.05) is 31.6 Å². The maximum atomic E-state index is 3.49. The Balaban J connectivity index is 1.84. The third-order valence-electron chi connectivity index (χ3n) is 4.23. The fourth-order valence-electron chi connectivity index (χ4n) is 3.30. The van der Waals surface area contributed by atoms with Crippen LogP contribution >= 0.6 is 0 Å². The van der Waals surface area contributed by atoms with Crippen molar-refractivity contribution < 1.29 is 0 Å². The zero-order chi connectivity index (χ0) is 13.2. The molecule has 1 aromatic heterocycles. The minimum absolute atomic E-state index is 0.819. The molecular weight excluding hydrogens is 234 g/mol. The van der Waals surface area contributed by atoms with Crippen molar-refractivity contribution in [1.29, 1.82) is 0 Å². The van der Waals surface area contributed by atoms with Crippen LogP contribution in [0.5, 0.6) is 0 Å². The van der Waals surface area contributed by atoms with Crippen molar-refractivity contribution in [1.82, 2.24) is 10.3 Å². The van der Waals surface area contributed by atoms with E-state index in [1.54, 1.807) is 0 Å². The summed E-state index contributed by atoms with van der Waals surface area (Å²) in [5.41, 5.74) is 3.89. The van der Waals surface area contributed by atoms with E-state index in [-0.39, 0.29) is 0 Å². The molecule has 3 heteroatoms. The van der Waals surface area contributed by atoms with E-state index in [0.29, 0.717) is 0 Å². The Bertz CT molecular complexity index is 552. The lowest BCUT2D eigenvalue weighted by Crippen LogP contribution is -2.34. The second kappa shape index (κ2) is 5.25. The van der Waals surface area contributed by atoms with Gasteiger partial charge < -0.3 is 15.2 Å². The Morgan fingerprint density at radius 2 is 1.95 bits per heavy atom. The lowest BCUT2D eigenvalue weighted by Gasteiger charge is -2.29. The van der Waals surface area contributed by atoms with Gasteiger partial charge >= 0.3 is 0 Å². The van der Waals surface area contributed by atoms with E-state index < -0.39 is 0 Å². The maximum Gasteiger partial charge on any atom is 0.0651 e. The summed E-state index contributed by atoms with van der Waals surface area (Å²) >= 11 is 0. The zero-order valence-corrected chi connectivity index (χ0v) is 11.9. The lowest BCUT2D eigenvalue weighted by atomic mass is 9.97. The fourth-order valence-corrected chi connectivity index (χ4v) is 3.30. The first kappa shape index (κ1) is 12.5. The van der Waals surface area contributed by atoms with E-state index in [1.165, 1.54) is 48.2 Å². The predicted molar refractivity (Wildman–Crippen MR) is 81.9 cm³/mol. The van der Waals surface area contributed by atoms with Crippen LogP contribution in [-0.2, 0) is 0 Å². The van der Waals surface area contributed by atoms with Crippen LogP contribution in [0.25, 0.3) is 10.9 Å². The van der Waals surface area contributed by atoms with Gasteiger partial charge in [-0.15, -0.1) is 0 Å². The van der Waals surface area contributed by atoms with Crippen LogP contribution in [0.4, 0.5) is 5.69 Å². The number of aromatic amines is 1. The highest BCUT2D eigenvalue weighted by molar-refractivity contribution is 5.94. The third-order valence-corrected chi connectivity index (χ3v) is 4.23. The average Bonchev–Trinajstić information content (AvgIpc) is 2.75. The second-order valence-electron chi connectivity index (χ2n) is 5.72. The molecule has 1 aromatic carbocycles. The van der Waals surface area contributed by atoms with Crippen molar-refractivity contribution in [2.45, 2.75) is 19.8 Å². The highest BCUT2D eigenvalue weighted by Gasteiger charge is 2.18. The largest absolute Gasteiger partial charge is 0.372 e. The zero-order valence-electron chi connectivity index (χ0n) is 11.9. The van der Waals surface area contributed by atoms with Crippen LogP contribution in [0.15, 0.2) is 24.3 Å². The van der Waals surface area contributed by atoms with Gasteiger partial charge in [-0.25, -0.2) is 0 Å². The SMILES string of the molecule is Cc1[nH]c2ccccc2c1N(C)CC1CCNCC1. The number of aryl methyl sites for hydroxylation is 1. The molecule has 3 rings (SSSR count). The molecule has 2 heterocycles. The maximum absolute atomic E-state index is 3.49. The molecule has 0 aliphatic carbocycles. The van der Waals surface area contributed by atoms with Gasteiger partial charge in [-0.1, -0.05) is 18.2 Å². The average molecular weight is 257 g/mol. The molecule has 1 saturated heterocycles. The number of fused-ring (bicyclic) bond motifs is 1. The molecule has 0 saturated carbocycles. The van der Waals surface area contributed by atoms with Crippen LogP contribution in [0.2, 0.25) is 0 Å². The Morgan fingerprint density at radius 3 is 2.74 bits per heavy atom. The van der Waals surface area contributed by atoms with Gasteiger partial charge in [0, 0.05) is 30.2 Å². The third kappa shape index (κ3) is 2.47. The lowest BCUT2D eigenvalue weighted by molar-refractivity contribution is 0.378. The summed E-state index contributed by atoms with van der Waals surface area (Å²) in [5, 5.41) is 4.78. The molecular formula is C16H23N3. The molecule has 0 radical (unpaired) electrons. The van der Waals surface area contributed by atoms with E-state index in [2.05, 4.69) is 53.4 Å². The highest BCUT2D eigenvalue weighted by atomic mass is 15.1. The smallest absolute Gasteiger partial charge is 0.0651 e. The quantitative estimate of drug-likeness (QED) is 0.886. The number of benzene rings is 1. The second-order valence-corrected chi connectivity index (χ2v) is 5.72. The first-order valence-corrected chi connectivity index (χ1v) is 7.25. The summed E-state index contributed by atoms with van der Waals surface area (Å²) in [6.07, 6.45) is 2.59. The molecule has 102 valence electrons. The van der Waals surface area contributed by atoms with E-state index in [9.17, 15) is 0 Å². The van der Waals surface area contributed by atoms with Crippen LogP contribution in [0, 0.1) is 12.8 Å². The number of nitrogens with zero attached hydrogens (tertiary/aromatic N) is 1. The Labute approximate surface area is 115 Å². The van der Waals surface area contributed by atoms with Gasteiger partial charge in [0.1, 0.15) is 0 Å². The van der Waals surface area contributed by atoms with Gasteiger partial charge in [0.05, 0.1) is 5.69 Å². The first-order chi connectivity index (χ1) is 9.25. The van der Waals surface area contributed by atoms with Gasteiger partial charge in [-0.05, 0) is 44.8 Å². The van der Waals surface area contributed by atoms with Gasteiger partial charge in [0.15, 0.2) is 0 Å². The number of rotatable bonds is 3. The molecule has 0 atom stereocenters. The van der Waals surface area contributed by atoms with E-state index in [0.717, 1.165) is 12.5 Å². The normalized spacial score (nSPS) is 16.9. The summed E-state index contributed by atoms with van der Waals surface area (Å²) in [5.74, 6) is 0.819. The van der Waals surface area contributed by atoms with E-state index >= 15 is 0 Å². The number of hydrogen-bond acceptors (Lipinski definition) is 2. The number of para-hydroxylation sites is 1. The molecule has 3 nitrogen and oxygen atoms in total. The van der Waals surface area contributed by atoms with Crippen molar-refractivity contribution in [2.24, 2.45) is 5.92 Å². The molecule has 1 aliphatic rings. The van der Waals surface area contributed by atoms with Crippen LogP contribution in [0.1, 0.15) is 18.5 Å². The molecule has 0 bridgehead atoms. The number of nitrogens with one attached hydrogen (secondary N) is 2. The van der Waals surface area contributed by atoms with Crippen LogP contribution in [0.3, 0.4) is 0 Å². The fraction of sp³-hybridized carbons (Fsp3) is 0.500. The summed E-state index contributed by atoms with van der Waals surface area (Å²) in [7, 11) is 2.23. The number of hydrogen-bond donors (Lipinski definition) is 2. The summed E-state index contributed by atoms with van der Waals surface area (Å²) in [6, 6.07) is 8.59. The molecule has 0 amide bonds. The molecule has 2 aromatic rings. The number of aromatic nitrogens is 1.